The first-order chi connectivity index (χ1) is 8.31. The van der Waals surface area contributed by atoms with Crippen LogP contribution in [0.5, 0.6) is 5.75 Å². The molecule has 88 valence electrons. The molecule has 0 unspecified atom stereocenters. The summed E-state index contributed by atoms with van der Waals surface area (Å²) in [6, 6.07) is 13.5. The highest BCUT2D eigenvalue weighted by atomic mass is 16.5. The van der Waals surface area contributed by atoms with Crippen LogP contribution in [0.2, 0.25) is 0 Å². The average Bonchev–Trinajstić information content (AvgIpc) is 2.40. The fraction of sp³-hybridized carbons (Fsp3) is 0.154. The van der Waals surface area contributed by atoms with Crippen LogP contribution in [-0.4, -0.2) is 19.1 Å². The Hall–Kier alpha value is -2.23. The Kier molecular flexibility index (Phi) is 3.45. The van der Waals surface area contributed by atoms with Crippen molar-refractivity contribution in [3.8, 4) is 5.75 Å². The minimum absolute atomic E-state index is 0.807. The lowest BCUT2D eigenvalue weighted by atomic mass is 10.3. The number of rotatable bonds is 4. The summed E-state index contributed by atoms with van der Waals surface area (Å²) in [5, 5.41) is 6.22. The standard InChI is InChI=1S/C13H15N3O/c1-14-12-4-3-5-13(16-12)15-10-6-8-11(17-2)9-7-10/h3-9H,1-2H3,(H2,14,15,16). The lowest BCUT2D eigenvalue weighted by Crippen LogP contribution is -1.97. The summed E-state index contributed by atoms with van der Waals surface area (Å²) in [5.41, 5.74) is 0.978. The van der Waals surface area contributed by atoms with Crippen molar-refractivity contribution in [2.75, 3.05) is 24.8 Å². The maximum atomic E-state index is 5.10. The number of hydrogen-bond donors (Lipinski definition) is 2. The highest BCUT2D eigenvalue weighted by Gasteiger charge is 1.97. The van der Waals surface area contributed by atoms with Gasteiger partial charge in [-0.25, -0.2) is 4.98 Å². The zero-order valence-electron chi connectivity index (χ0n) is 9.90. The first-order valence-corrected chi connectivity index (χ1v) is 5.37. The summed E-state index contributed by atoms with van der Waals surface area (Å²) in [7, 11) is 3.50. The van der Waals surface area contributed by atoms with Crippen molar-refractivity contribution in [1.82, 2.24) is 4.98 Å². The first kappa shape index (κ1) is 11.3. The SMILES string of the molecule is CNc1cccc(Nc2ccc(OC)cc2)n1. The predicted molar refractivity (Wildman–Crippen MR) is 70.1 cm³/mol. The fourth-order valence-electron chi connectivity index (χ4n) is 1.47. The number of hydrogen-bond acceptors (Lipinski definition) is 4. The van der Waals surface area contributed by atoms with Gasteiger partial charge >= 0.3 is 0 Å². The molecule has 0 saturated heterocycles. The Labute approximate surface area is 101 Å². The molecule has 0 aliphatic heterocycles. The maximum absolute atomic E-state index is 5.10. The van der Waals surface area contributed by atoms with E-state index in [1.807, 2.05) is 49.5 Å². The lowest BCUT2D eigenvalue weighted by Gasteiger charge is -2.07. The van der Waals surface area contributed by atoms with E-state index in [-0.39, 0.29) is 0 Å². The molecule has 2 N–H and O–H groups in total. The number of nitrogens with one attached hydrogen (secondary N) is 2. The molecule has 0 bridgehead atoms. The Morgan fingerprint density at radius 3 is 2.35 bits per heavy atom. The third kappa shape index (κ3) is 2.87. The summed E-state index contributed by atoms with van der Waals surface area (Å²) in [4.78, 5) is 4.38. The number of anilines is 3. The second kappa shape index (κ2) is 5.21. The van der Waals surface area contributed by atoms with Crippen LogP contribution in [0.4, 0.5) is 17.3 Å². The number of aromatic nitrogens is 1. The average molecular weight is 229 g/mol. The van der Waals surface area contributed by atoms with E-state index in [0.717, 1.165) is 23.1 Å². The molecule has 0 aliphatic carbocycles. The number of ether oxygens (including phenoxy) is 1. The van der Waals surface area contributed by atoms with Gasteiger partial charge in [-0.15, -0.1) is 0 Å². The molecular formula is C13H15N3O. The van der Waals surface area contributed by atoms with E-state index in [1.165, 1.54) is 0 Å². The molecule has 0 radical (unpaired) electrons. The topological polar surface area (TPSA) is 46.2 Å². The molecule has 4 heteroatoms. The van der Waals surface area contributed by atoms with Crippen LogP contribution in [0.3, 0.4) is 0 Å². The second-order valence-electron chi connectivity index (χ2n) is 3.51. The van der Waals surface area contributed by atoms with Crippen LogP contribution < -0.4 is 15.4 Å². The van der Waals surface area contributed by atoms with Crippen molar-refractivity contribution >= 4 is 17.3 Å². The molecule has 0 aliphatic rings. The summed E-state index contributed by atoms with van der Waals surface area (Å²) in [6.07, 6.45) is 0. The molecular weight excluding hydrogens is 214 g/mol. The summed E-state index contributed by atoms with van der Waals surface area (Å²) in [5.74, 6) is 2.48. The Morgan fingerprint density at radius 2 is 1.71 bits per heavy atom. The molecule has 2 aromatic rings. The number of benzene rings is 1. The van der Waals surface area contributed by atoms with Crippen LogP contribution in [0.25, 0.3) is 0 Å². The number of nitrogens with zero attached hydrogens (tertiary/aromatic N) is 1. The van der Waals surface area contributed by atoms with Gasteiger partial charge in [0.25, 0.3) is 0 Å². The van der Waals surface area contributed by atoms with Gasteiger partial charge in [0.15, 0.2) is 0 Å². The number of methoxy groups -OCH3 is 1. The van der Waals surface area contributed by atoms with Crippen molar-refractivity contribution in [2.45, 2.75) is 0 Å². The summed E-state index contributed by atoms with van der Waals surface area (Å²) >= 11 is 0. The molecule has 0 saturated carbocycles. The molecule has 1 aromatic heterocycles. The van der Waals surface area contributed by atoms with E-state index >= 15 is 0 Å². The van der Waals surface area contributed by atoms with E-state index < -0.39 is 0 Å². The highest BCUT2D eigenvalue weighted by Crippen LogP contribution is 2.19. The summed E-state index contributed by atoms with van der Waals surface area (Å²) < 4.78 is 5.10. The van der Waals surface area contributed by atoms with Crippen LogP contribution in [0.1, 0.15) is 0 Å². The summed E-state index contributed by atoms with van der Waals surface area (Å²) in [6.45, 7) is 0. The van der Waals surface area contributed by atoms with E-state index in [1.54, 1.807) is 7.11 Å². The largest absolute Gasteiger partial charge is 0.497 e. The van der Waals surface area contributed by atoms with Gasteiger partial charge in [-0.1, -0.05) is 6.07 Å². The van der Waals surface area contributed by atoms with E-state index in [4.69, 9.17) is 4.74 Å². The van der Waals surface area contributed by atoms with Gasteiger partial charge in [-0.05, 0) is 36.4 Å². The van der Waals surface area contributed by atoms with Crippen molar-refractivity contribution in [2.24, 2.45) is 0 Å². The van der Waals surface area contributed by atoms with Crippen molar-refractivity contribution in [3.63, 3.8) is 0 Å². The van der Waals surface area contributed by atoms with Crippen molar-refractivity contribution < 1.29 is 4.74 Å². The molecule has 0 atom stereocenters. The normalized spacial score (nSPS) is 9.76. The van der Waals surface area contributed by atoms with Crippen LogP contribution in [0, 0.1) is 0 Å². The molecule has 0 amide bonds. The predicted octanol–water partition coefficient (Wildman–Crippen LogP) is 2.88. The van der Waals surface area contributed by atoms with E-state index in [0.29, 0.717) is 0 Å². The van der Waals surface area contributed by atoms with E-state index in [9.17, 15) is 0 Å². The van der Waals surface area contributed by atoms with Crippen LogP contribution in [0.15, 0.2) is 42.5 Å². The van der Waals surface area contributed by atoms with E-state index in [2.05, 4.69) is 15.6 Å². The Morgan fingerprint density at radius 1 is 1.00 bits per heavy atom. The Balaban J connectivity index is 2.13. The van der Waals surface area contributed by atoms with Crippen molar-refractivity contribution in [1.29, 1.82) is 0 Å². The maximum Gasteiger partial charge on any atom is 0.132 e. The molecule has 0 fully saturated rings. The monoisotopic (exact) mass is 229 g/mol. The quantitative estimate of drug-likeness (QED) is 0.846. The second-order valence-corrected chi connectivity index (χ2v) is 3.51. The molecule has 0 spiro atoms. The molecule has 1 heterocycles. The molecule has 2 rings (SSSR count). The van der Waals surface area contributed by atoms with Gasteiger partial charge < -0.3 is 15.4 Å². The van der Waals surface area contributed by atoms with Gasteiger partial charge in [-0.3, -0.25) is 0 Å². The van der Waals surface area contributed by atoms with Gasteiger partial charge in [0.05, 0.1) is 7.11 Å². The minimum atomic E-state index is 0.807. The molecule has 17 heavy (non-hydrogen) atoms. The van der Waals surface area contributed by atoms with Gasteiger partial charge in [0, 0.05) is 12.7 Å². The third-order valence-electron chi connectivity index (χ3n) is 2.37. The lowest BCUT2D eigenvalue weighted by molar-refractivity contribution is 0.415. The molecule has 4 nitrogen and oxygen atoms in total. The zero-order chi connectivity index (χ0) is 12.1. The first-order valence-electron chi connectivity index (χ1n) is 5.37. The number of pyridine rings is 1. The van der Waals surface area contributed by atoms with Crippen LogP contribution in [-0.2, 0) is 0 Å². The van der Waals surface area contributed by atoms with Crippen molar-refractivity contribution in [3.05, 3.63) is 42.5 Å². The molecule has 1 aromatic carbocycles. The van der Waals surface area contributed by atoms with Gasteiger partial charge in [0.1, 0.15) is 17.4 Å². The minimum Gasteiger partial charge on any atom is -0.497 e. The van der Waals surface area contributed by atoms with Gasteiger partial charge in [0.2, 0.25) is 0 Å². The zero-order valence-corrected chi connectivity index (χ0v) is 9.90. The third-order valence-corrected chi connectivity index (χ3v) is 2.37. The highest BCUT2D eigenvalue weighted by molar-refractivity contribution is 5.58. The smallest absolute Gasteiger partial charge is 0.132 e. The Bertz CT molecular complexity index is 482. The van der Waals surface area contributed by atoms with Gasteiger partial charge in [-0.2, -0.15) is 0 Å². The van der Waals surface area contributed by atoms with Crippen LogP contribution >= 0.6 is 0 Å². The fourth-order valence-corrected chi connectivity index (χ4v) is 1.47.